The van der Waals surface area contributed by atoms with Gasteiger partial charge in [-0.25, -0.2) is 0 Å². The number of rotatable bonds is 1. The number of thioether (sulfide) groups is 1. The summed E-state index contributed by atoms with van der Waals surface area (Å²) in [5.41, 5.74) is 2.48. The van der Waals surface area contributed by atoms with Crippen LogP contribution in [0.2, 0.25) is 0 Å². The van der Waals surface area contributed by atoms with E-state index in [0.717, 1.165) is 11.4 Å². The molecule has 2 heterocycles. The Bertz CT molecular complexity index is 287. The van der Waals surface area contributed by atoms with Crippen molar-refractivity contribution in [2.24, 2.45) is 0 Å². The minimum atomic E-state index is 0.0352. The van der Waals surface area contributed by atoms with Crippen molar-refractivity contribution in [3.05, 3.63) is 11.3 Å². The Balaban J connectivity index is 2.23. The van der Waals surface area contributed by atoms with Gasteiger partial charge in [-0.2, -0.15) is 0 Å². The van der Waals surface area contributed by atoms with Crippen molar-refractivity contribution in [2.45, 2.75) is 25.3 Å². The van der Waals surface area contributed by atoms with E-state index in [1.807, 2.05) is 30.6 Å². The second kappa shape index (κ2) is 3.03. The van der Waals surface area contributed by atoms with E-state index in [1.54, 1.807) is 0 Å². The number of β-lactam (4-membered cyclic amide) rings is 1. The maximum atomic E-state index is 11.6. The van der Waals surface area contributed by atoms with E-state index in [0.29, 0.717) is 5.37 Å². The summed E-state index contributed by atoms with van der Waals surface area (Å²) < 4.78 is 0. The molecule has 0 saturated carbocycles. The number of allylic oxidation sites excluding steroid dienone is 1. The largest absolute Gasteiger partial charge is 0.306 e. The number of hydrogen-bond donors (Lipinski definition) is 1. The molecule has 4 heteroatoms. The van der Waals surface area contributed by atoms with Gasteiger partial charge in [-0.15, -0.1) is 11.8 Å². The summed E-state index contributed by atoms with van der Waals surface area (Å²) in [4.78, 5) is 13.5. The summed E-state index contributed by atoms with van der Waals surface area (Å²) in [7, 11) is 1.85. The maximum absolute atomic E-state index is 11.6. The molecule has 1 N–H and O–H groups in total. The van der Waals surface area contributed by atoms with Gasteiger partial charge in [0.1, 0.15) is 11.4 Å². The summed E-state index contributed by atoms with van der Waals surface area (Å²) in [5, 5.41) is 3.39. The van der Waals surface area contributed by atoms with Crippen molar-refractivity contribution in [1.82, 2.24) is 10.2 Å². The smallest absolute Gasteiger partial charge is 0.247 e. The van der Waals surface area contributed by atoms with Gasteiger partial charge in [0.15, 0.2) is 0 Å². The van der Waals surface area contributed by atoms with Crippen LogP contribution in [0.4, 0.5) is 0 Å². The molecule has 13 heavy (non-hydrogen) atoms. The molecule has 3 nitrogen and oxygen atoms in total. The zero-order valence-electron chi connectivity index (χ0n) is 8.13. The molecule has 0 spiro atoms. The number of nitrogens with one attached hydrogen (secondary N) is 1. The molecule has 0 aliphatic carbocycles. The lowest BCUT2D eigenvalue weighted by Gasteiger charge is -2.49. The molecule has 0 radical (unpaired) electrons. The first-order chi connectivity index (χ1) is 6.16. The molecule has 1 amide bonds. The van der Waals surface area contributed by atoms with Gasteiger partial charge < -0.3 is 10.2 Å². The van der Waals surface area contributed by atoms with Crippen LogP contribution in [0, 0.1) is 0 Å². The average Bonchev–Trinajstić information content (AvgIpc) is 2.10. The maximum Gasteiger partial charge on any atom is 0.247 e. The van der Waals surface area contributed by atoms with E-state index < -0.39 is 0 Å². The molecule has 2 aliphatic rings. The van der Waals surface area contributed by atoms with E-state index >= 15 is 0 Å². The Labute approximate surface area is 82.6 Å². The van der Waals surface area contributed by atoms with Crippen LogP contribution in [0.1, 0.15) is 13.8 Å². The lowest BCUT2D eigenvalue weighted by molar-refractivity contribution is -0.142. The molecule has 0 aromatic heterocycles. The molecule has 0 aromatic rings. The van der Waals surface area contributed by atoms with Gasteiger partial charge in [0.05, 0.1) is 0 Å². The number of fused-ring (bicyclic) bond motifs is 1. The van der Waals surface area contributed by atoms with Crippen LogP contribution >= 0.6 is 11.8 Å². The summed E-state index contributed by atoms with van der Waals surface area (Å²) in [5.74, 6) is 1.27. The first-order valence-electron chi connectivity index (χ1n) is 4.45. The minimum absolute atomic E-state index is 0.0352. The van der Waals surface area contributed by atoms with Gasteiger partial charge in [-0.1, -0.05) is 0 Å². The quantitative estimate of drug-likeness (QED) is 0.632. The van der Waals surface area contributed by atoms with E-state index in [1.165, 1.54) is 5.57 Å². The van der Waals surface area contributed by atoms with E-state index in [-0.39, 0.29) is 11.9 Å². The molecular formula is C9H14N2OS. The molecule has 2 rings (SSSR count). The van der Waals surface area contributed by atoms with Crippen LogP contribution < -0.4 is 5.32 Å². The van der Waals surface area contributed by atoms with Gasteiger partial charge in [0.25, 0.3) is 0 Å². The number of hydrogen-bond acceptors (Lipinski definition) is 3. The number of carbonyl (C=O) groups is 1. The Morgan fingerprint density at radius 2 is 2.23 bits per heavy atom. The molecule has 0 aromatic carbocycles. The number of carbonyl (C=O) groups excluding carboxylic acids is 1. The third kappa shape index (κ3) is 1.12. The lowest BCUT2D eigenvalue weighted by Crippen LogP contribution is -2.68. The number of amides is 1. The summed E-state index contributed by atoms with van der Waals surface area (Å²) in [6.45, 7) is 4.13. The number of nitrogens with zero attached hydrogens (tertiary/aromatic N) is 1. The van der Waals surface area contributed by atoms with Crippen molar-refractivity contribution in [1.29, 1.82) is 0 Å². The molecule has 0 bridgehead atoms. The molecule has 72 valence electrons. The second-order valence-electron chi connectivity index (χ2n) is 3.54. The van der Waals surface area contributed by atoms with Gasteiger partial charge >= 0.3 is 0 Å². The highest BCUT2D eigenvalue weighted by molar-refractivity contribution is 8.00. The third-order valence-corrected chi connectivity index (χ3v) is 4.23. The van der Waals surface area contributed by atoms with Crippen molar-refractivity contribution >= 4 is 17.7 Å². The van der Waals surface area contributed by atoms with Gasteiger partial charge in [0, 0.05) is 11.4 Å². The van der Waals surface area contributed by atoms with Crippen LogP contribution in [0.15, 0.2) is 11.3 Å². The van der Waals surface area contributed by atoms with E-state index in [4.69, 9.17) is 0 Å². The lowest BCUT2D eigenvalue weighted by atomic mass is 10.0. The summed E-state index contributed by atoms with van der Waals surface area (Å²) in [6.07, 6.45) is 0. The highest BCUT2D eigenvalue weighted by Gasteiger charge is 2.49. The highest BCUT2D eigenvalue weighted by Crippen LogP contribution is 2.39. The van der Waals surface area contributed by atoms with Gasteiger partial charge in [-0.3, -0.25) is 4.79 Å². The van der Waals surface area contributed by atoms with Crippen LogP contribution in [0.3, 0.4) is 0 Å². The van der Waals surface area contributed by atoms with E-state index in [2.05, 4.69) is 12.2 Å². The summed E-state index contributed by atoms with van der Waals surface area (Å²) >= 11 is 1.85. The SMILES string of the molecule is CNC1C(=O)N2C(C)=C(C)CSC12. The topological polar surface area (TPSA) is 32.3 Å². The predicted octanol–water partition coefficient (Wildman–Crippen LogP) is 0.783. The second-order valence-corrected chi connectivity index (χ2v) is 4.65. The van der Waals surface area contributed by atoms with Crippen molar-refractivity contribution < 1.29 is 4.79 Å². The third-order valence-electron chi connectivity index (χ3n) is 2.80. The molecule has 2 aliphatic heterocycles. The monoisotopic (exact) mass is 198 g/mol. The molecule has 2 atom stereocenters. The molecular weight excluding hydrogens is 184 g/mol. The first-order valence-corrected chi connectivity index (χ1v) is 5.50. The first kappa shape index (κ1) is 9.09. The van der Waals surface area contributed by atoms with Crippen LogP contribution in [-0.4, -0.2) is 35.0 Å². The Morgan fingerprint density at radius 3 is 2.85 bits per heavy atom. The molecule has 1 saturated heterocycles. The highest BCUT2D eigenvalue weighted by atomic mass is 32.2. The minimum Gasteiger partial charge on any atom is -0.306 e. The zero-order chi connectivity index (χ0) is 9.59. The standard InChI is InChI=1S/C9H14N2OS/c1-5-4-13-9-7(10-3)8(12)11(9)6(5)2/h7,9-10H,4H2,1-3H3. The van der Waals surface area contributed by atoms with Crippen molar-refractivity contribution in [3.63, 3.8) is 0 Å². The van der Waals surface area contributed by atoms with Crippen LogP contribution in [0.5, 0.6) is 0 Å². The van der Waals surface area contributed by atoms with Crippen molar-refractivity contribution in [3.8, 4) is 0 Å². The number of likely N-dealkylation sites (N-methyl/N-ethyl adjacent to an activating group) is 1. The predicted molar refractivity (Wildman–Crippen MR) is 54.3 cm³/mol. The van der Waals surface area contributed by atoms with Crippen LogP contribution in [0.25, 0.3) is 0 Å². The zero-order valence-corrected chi connectivity index (χ0v) is 8.94. The van der Waals surface area contributed by atoms with Crippen molar-refractivity contribution in [2.75, 3.05) is 12.8 Å². The fraction of sp³-hybridized carbons (Fsp3) is 0.667. The van der Waals surface area contributed by atoms with E-state index in [9.17, 15) is 4.79 Å². The normalized spacial score (nSPS) is 33.2. The van der Waals surface area contributed by atoms with Gasteiger partial charge in [0.2, 0.25) is 5.91 Å². The Kier molecular flexibility index (Phi) is 2.12. The Hall–Kier alpha value is -0.480. The fourth-order valence-electron chi connectivity index (χ4n) is 1.78. The van der Waals surface area contributed by atoms with Gasteiger partial charge in [-0.05, 0) is 26.5 Å². The molecule has 1 fully saturated rings. The molecule has 2 unspecified atom stereocenters. The summed E-state index contributed by atoms with van der Waals surface area (Å²) in [6, 6.07) is 0.0352. The average molecular weight is 198 g/mol. The fourth-order valence-corrected chi connectivity index (χ4v) is 3.26. The Morgan fingerprint density at radius 1 is 1.54 bits per heavy atom. The van der Waals surface area contributed by atoms with Crippen LogP contribution in [-0.2, 0) is 4.79 Å².